The summed E-state index contributed by atoms with van der Waals surface area (Å²) in [6, 6.07) is 8.83. The Balaban J connectivity index is 0.00000106. The molecular formula is C17H28N2O2. The van der Waals surface area contributed by atoms with E-state index in [4.69, 9.17) is 4.74 Å². The maximum Gasteiger partial charge on any atom is 0.410 e. The van der Waals surface area contributed by atoms with E-state index in [1.165, 1.54) is 18.4 Å². The third kappa shape index (κ3) is 4.13. The largest absolute Gasteiger partial charge is 0.453 e. The van der Waals surface area contributed by atoms with Crippen LogP contribution in [0.2, 0.25) is 0 Å². The maximum atomic E-state index is 11.8. The quantitative estimate of drug-likeness (QED) is 0.791. The number of carbonyl (C=O) groups excluding carboxylic acids is 1. The minimum absolute atomic E-state index is 0.150. The van der Waals surface area contributed by atoms with Crippen LogP contribution in [0, 0.1) is 6.92 Å². The first-order valence-corrected chi connectivity index (χ1v) is 7.71. The fraction of sp³-hybridized carbons (Fsp3) is 0.588. The van der Waals surface area contributed by atoms with Crippen LogP contribution in [0.15, 0.2) is 24.3 Å². The Bertz CT molecular complexity index is 433. The van der Waals surface area contributed by atoms with Gasteiger partial charge in [0.1, 0.15) is 0 Å². The SMILES string of the molecule is CC.COC(=O)N1[C@H](C)CN(c2ccc(C)cc2)C[C@@H]1C. The van der Waals surface area contributed by atoms with Crippen LogP contribution in [0.4, 0.5) is 10.5 Å². The molecule has 0 N–H and O–H groups in total. The second-order valence-corrected chi connectivity index (χ2v) is 5.32. The lowest BCUT2D eigenvalue weighted by atomic mass is 10.1. The van der Waals surface area contributed by atoms with Gasteiger partial charge in [0.2, 0.25) is 0 Å². The van der Waals surface area contributed by atoms with Crippen LogP contribution in [0.25, 0.3) is 0 Å². The molecule has 1 aliphatic rings. The van der Waals surface area contributed by atoms with E-state index in [0.29, 0.717) is 0 Å². The Morgan fingerprint density at radius 1 is 1.10 bits per heavy atom. The summed E-state index contributed by atoms with van der Waals surface area (Å²) >= 11 is 0. The van der Waals surface area contributed by atoms with Crippen LogP contribution in [-0.2, 0) is 4.74 Å². The molecule has 1 aliphatic heterocycles. The molecule has 118 valence electrons. The zero-order chi connectivity index (χ0) is 16.0. The van der Waals surface area contributed by atoms with Gasteiger partial charge >= 0.3 is 6.09 Å². The number of hydrogen-bond donors (Lipinski definition) is 0. The number of rotatable bonds is 1. The Kier molecular flexibility index (Phi) is 6.53. The molecule has 1 heterocycles. The van der Waals surface area contributed by atoms with Crippen LogP contribution in [-0.4, -0.2) is 43.3 Å². The second kappa shape index (κ2) is 7.91. The number of carbonyl (C=O) groups is 1. The van der Waals surface area contributed by atoms with Gasteiger partial charge in [0, 0.05) is 18.8 Å². The molecule has 0 unspecified atom stereocenters. The molecule has 0 saturated carbocycles. The highest BCUT2D eigenvalue weighted by atomic mass is 16.5. The molecule has 2 atom stereocenters. The van der Waals surface area contributed by atoms with E-state index in [2.05, 4.69) is 49.9 Å². The lowest BCUT2D eigenvalue weighted by Crippen LogP contribution is -2.58. The normalized spacial score (nSPS) is 21.4. The summed E-state index contributed by atoms with van der Waals surface area (Å²) in [6.07, 6.45) is -0.233. The molecule has 0 aliphatic carbocycles. The van der Waals surface area contributed by atoms with Crippen LogP contribution in [0.1, 0.15) is 33.3 Å². The summed E-state index contributed by atoms with van der Waals surface area (Å²) in [5, 5.41) is 0. The monoisotopic (exact) mass is 292 g/mol. The summed E-state index contributed by atoms with van der Waals surface area (Å²) in [7, 11) is 1.44. The van der Waals surface area contributed by atoms with Crippen molar-refractivity contribution in [2.45, 2.75) is 46.7 Å². The summed E-state index contributed by atoms with van der Waals surface area (Å²) in [4.78, 5) is 15.9. The first-order chi connectivity index (χ1) is 10.0. The summed E-state index contributed by atoms with van der Waals surface area (Å²) in [6.45, 7) is 11.9. The Labute approximate surface area is 128 Å². The average Bonchev–Trinajstić information content (AvgIpc) is 2.49. The van der Waals surface area contributed by atoms with Crippen molar-refractivity contribution in [2.24, 2.45) is 0 Å². The van der Waals surface area contributed by atoms with Crippen LogP contribution >= 0.6 is 0 Å². The first-order valence-electron chi connectivity index (χ1n) is 7.71. The van der Waals surface area contributed by atoms with E-state index in [-0.39, 0.29) is 18.2 Å². The molecule has 21 heavy (non-hydrogen) atoms. The molecule has 0 aromatic heterocycles. The van der Waals surface area contributed by atoms with Crippen LogP contribution < -0.4 is 4.90 Å². The van der Waals surface area contributed by atoms with E-state index >= 15 is 0 Å². The van der Waals surface area contributed by atoms with E-state index in [9.17, 15) is 4.79 Å². The average molecular weight is 292 g/mol. The Hall–Kier alpha value is -1.71. The zero-order valence-corrected chi connectivity index (χ0v) is 14.1. The number of piperazine rings is 1. The second-order valence-electron chi connectivity index (χ2n) is 5.32. The van der Waals surface area contributed by atoms with Crippen LogP contribution in [0.5, 0.6) is 0 Å². The molecule has 4 nitrogen and oxygen atoms in total. The molecule has 4 heteroatoms. The van der Waals surface area contributed by atoms with Gasteiger partial charge in [-0.1, -0.05) is 31.5 Å². The fourth-order valence-electron chi connectivity index (χ4n) is 2.75. The molecule has 0 radical (unpaired) electrons. The number of benzene rings is 1. The smallest absolute Gasteiger partial charge is 0.410 e. The summed E-state index contributed by atoms with van der Waals surface area (Å²) < 4.78 is 4.86. The predicted molar refractivity (Wildman–Crippen MR) is 87.9 cm³/mol. The molecule has 1 saturated heterocycles. The molecular weight excluding hydrogens is 264 g/mol. The van der Waals surface area contributed by atoms with Crippen molar-refractivity contribution < 1.29 is 9.53 Å². The number of ether oxygens (including phenoxy) is 1. The molecule has 0 spiro atoms. The highest BCUT2D eigenvalue weighted by Crippen LogP contribution is 2.23. The molecule has 0 bridgehead atoms. The standard InChI is InChI=1S/C15H22N2O2.C2H6/c1-11-5-7-14(8-6-11)16-9-12(2)17(13(3)10-16)15(18)19-4;1-2/h5-8,12-13H,9-10H2,1-4H3;1-2H3/t12-,13+;. The lowest BCUT2D eigenvalue weighted by molar-refractivity contribution is 0.0820. The summed E-state index contributed by atoms with van der Waals surface area (Å²) in [5.41, 5.74) is 2.48. The van der Waals surface area contributed by atoms with Gasteiger partial charge in [-0.05, 0) is 32.9 Å². The number of amides is 1. The van der Waals surface area contributed by atoms with Crippen molar-refractivity contribution in [3.8, 4) is 0 Å². The fourth-order valence-corrected chi connectivity index (χ4v) is 2.75. The van der Waals surface area contributed by atoms with Crippen molar-refractivity contribution in [2.75, 3.05) is 25.1 Å². The molecule has 1 fully saturated rings. The number of hydrogen-bond acceptors (Lipinski definition) is 3. The highest BCUT2D eigenvalue weighted by molar-refractivity contribution is 5.69. The van der Waals surface area contributed by atoms with E-state index in [1.54, 1.807) is 0 Å². The highest BCUT2D eigenvalue weighted by Gasteiger charge is 2.33. The van der Waals surface area contributed by atoms with Crippen molar-refractivity contribution in [1.29, 1.82) is 0 Å². The number of aryl methyl sites for hydroxylation is 1. The predicted octanol–water partition coefficient (Wildman–Crippen LogP) is 3.69. The van der Waals surface area contributed by atoms with Crippen molar-refractivity contribution in [1.82, 2.24) is 4.90 Å². The number of methoxy groups -OCH3 is 1. The molecule has 1 amide bonds. The molecule has 2 rings (SSSR count). The third-order valence-electron chi connectivity index (χ3n) is 3.70. The minimum Gasteiger partial charge on any atom is -0.453 e. The molecule has 1 aromatic carbocycles. The van der Waals surface area contributed by atoms with Gasteiger partial charge in [0.05, 0.1) is 19.2 Å². The Morgan fingerprint density at radius 3 is 2.00 bits per heavy atom. The maximum absolute atomic E-state index is 11.8. The van der Waals surface area contributed by atoms with Gasteiger partial charge in [0.25, 0.3) is 0 Å². The minimum atomic E-state index is -0.233. The van der Waals surface area contributed by atoms with Crippen LogP contribution in [0.3, 0.4) is 0 Å². The number of anilines is 1. The molecule has 1 aromatic rings. The zero-order valence-electron chi connectivity index (χ0n) is 14.1. The summed E-state index contributed by atoms with van der Waals surface area (Å²) in [5.74, 6) is 0. The van der Waals surface area contributed by atoms with Gasteiger partial charge in [-0.3, -0.25) is 4.90 Å². The van der Waals surface area contributed by atoms with Crippen molar-refractivity contribution in [3.63, 3.8) is 0 Å². The van der Waals surface area contributed by atoms with Gasteiger partial charge in [-0.15, -0.1) is 0 Å². The van der Waals surface area contributed by atoms with E-state index in [0.717, 1.165) is 13.1 Å². The van der Waals surface area contributed by atoms with Gasteiger partial charge in [-0.2, -0.15) is 0 Å². The van der Waals surface area contributed by atoms with Gasteiger partial charge < -0.3 is 9.64 Å². The van der Waals surface area contributed by atoms with Crippen molar-refractivity contribution in [3.05, 3.63) is 29.8 Å². The van der Waals surface area contributed by atoms with Gasteiger partial charge in [0.15, 0.2) is 0 Å². The van der Waals surface area contributed by atoms with E-state index in [1.807, 2.05) is 18.7 Å². The van der Waals surface area contributed by atoms with E-state index < -0.39 is 0 Å². The van der Waals surface area contributed by atoms with Gasteiger partial charge in [-0.25, -0.2) is 4.79 Å². The first kappa shape index (κ1) is 17.3. The third-order valence-corrected chi connectivity index (χ3v) is 3.70. The topological polar surface area (TPSA) is 32.8 Å². The lowest BCUT2D eigenvalue weighted by Gasteiger charge is -2.44. The Morgan fingerprint density at radius 2 is 1.57 bits per heavy atom. The number of nitrogens with zero attached hydrogens (tertiary/aromatic N) is 2. The van der Waals surface area contributed by atoms with Crippen molar-refractivity contribution >= 4 is 11.8 Å².